The van der Waals surface area contributed by atoms with Gasteiger partial charge in [-0.1, -0.05) is 0 Å². The van der Waals surface area contributed by atoms with Crippen LogP contribution in [0.25, 0.3) is 0 Å². The molecule has 122 valence electrons. The molecule has 0 saturated heterocycles. The molecule has 1 aliphatic carbocycles. The number of carbonyl (C=O) groups is 1. The third-order valence-electron chi connectivity index (χ3n) is 4.99. The Balaban J connectivity index is 1.80. The van der Waals surface area contributed by atoms with E-state index >= 15 is 0 Å². The first-order chi connectivity index (χ1) is 10.6. The second-order valence-electron chi connectivity index (χ2n) is 6.46. The summed E-state index contributed by atoms with van der Waals surface area (Å²) in [6.45, 7) is 4.13. The van der Waals surface area contributed by atoms with Crippen LogP contribution in [-0.2, 0) is 4.79 Å². The average Bonchev–Trinajstić information content (AvgIpc) is 2.49. The minimum atomic E-state index is 0.234. The average molecular weight is 413 g/mol. The number of amides is 1. The standard InChI is InChI=1S/C18H26IN2O/c1-4-18(22)21-12(2)9-16(15-7-5-6-8-17(15)21)20-14-10-13(11-14)19-3/h5-8,12-14,16,20H,4,9-11H2,1-3H3/q-1. The molecular weight excluding hydrogens is 387 g/mol. The Morgan fingerprint density at radius 3 is 2.73 bits per heavy atom. The number of hydrogen-bond donors (Lipinski definition) is 1. The van der Waals surface area contributed by atoms with Crippen molar-refractivity contribution in [1.29, 1.82) is 0 Å². The number of para-hydroxylation sites is 1. The van der Waals surface area contributed by atoms with Gasteiger partial charge in [-0.05, 0) is 0 Å². The van der Waals surface area contributed by atoms with Crippen LogP contribution < -0.4 is 31.4 Å². The first-order valence-corrected chi connectivity index (χ1v) is 11.7. The quantitative estimate of drug-likeness (QED) is 0.561. The van der Waals surface area contributed by atoms with E-state index in [0.29, 0.717) is 39.7 Å². The molecule has 1 aromatic rings. The Hall–Kier alpha value is -0.620. The maximum atomic E-state index is 12.3. The molecule has 22 heavy (non-hydrogen) atoms. The molecule has 2 aliphatic rings. The summed E-state index contributed by atoms with van der Waals surface area (Å²) in [5.41, 5.74) is 2.42. The van der Waals surface area contributed by atoms with Gasteiger partial charge < -0.3 is 0 Å². The van der Waals surface area contributed by atoms with Crippen LogP contribution in [0, 0.1) is 0 Å². The van der Waals surface area contributed by atoms with Crippen LogP contribution in [0.4, 0.5) is 5.69 Å². The summed E-state index contributed by atoms with van der Waals surface area (Å²) in [7, 11) is 0. The summed E-state index contributed by atoms with van der Waals surface area (Å²) in [5.74, 6) is 0.234. The fraction of sp³-hybridized carbons (Fsp3) is 0.611. The predicted molar refractivity (Wildman–Crippen MR) is 86.9 cm³/mol. The first-order valence-electron chi connectivity index (χ1n) is 8.29. The monoisotopic (exact) mass is 413 g/mol. The summed E-state index contributed by atoms with van der Waals surface area (Å²) in [6, 6.07) is 9.79. The van der Waals surface area contributed by atoms with E-state index in [-0.39, 0.29) is 11.9 Å². The topological polar surface area (TPSA) is 32.3 Å². The van der Waals surface area contributed by atoms with Gasteiger partial charge in [0.2, 0.25) is 0 Å². The van der Waals surface area contributed by atoms with Crippen LogP contribution in [0.15, 0.2) is 24.3 Å². The number of carbonyl (C=O) groups excluding carboxylic acids is 1. The Bertz CT molecular complexity index is 542. The van der Waals surface area contributed by atoms with Gasteiger partial charge in [-0.2, -0.15) is 0 Å². The molecule has 3 rings (SSSR count). The number of anilines is 1. The van der Waals surface area contributed by atoms with E-state index in [1.165, 1.54) is 18.4 Å². The molecule has 2 unspecified atom stereocenters. The maximum absolute atomic E-state index is 12.3. The molecular formula is C18H26IN2O-. The van der Waals surface area contributed by atoms with Crippen molar-refractivity contribution in [3.63, 3.8) is 0 Å². The number of nitrogens with zero attached hydrogens (tertiary/aromatic N) is 1. The molecule has 1 amide bonds. The van der Waals surface area contributed by atoms with Gasteiger partial charge in [-0.25, -0.2) is 0 Å². The number of hydrogen-bond acceptors (Lipinski definition) is 2. The molecule has 0 radical (unpaired) electrons. The van der Waals surface area contributed by atoms with Crippen LogP contribution >= 0.6 is 0 Å². The Morgan fingerprint density at radius 2 is 2.05 bits per heavy atom. The summed E-state index contributed by atoms with van der Waals surface area (Å²) in [4.78, 5) is 16.7. The number of benzene rings is 1. The molecule has 1 aromatic carbocycles. The number of fused-ring (bicyclic) bond motifs is 1. The first kappa shape index (κ1) is 16.2. The van der Waals surface area contributed by atoms with Crippen molar-refractivity contribution in [3.8, 4) is 0 Å². The summed E-state index contributed by atoms with van der Waals surface area (Å²) in [6.07, 6.45) is 4.30. The number of alkyl halides is 2. The van der Waals surface area contributed by atoms with E-state index in [4.69, 9.17) is 0 Å². The molecule has 4 heteroatoms. The SMILES string of the molecule is CCC(=O)N1c2ccccc2C(NC2CC([I-]C)C2)CC1C. The zero-order valence-electron chi connectivity index (χ0n) is 13.7. The summed E-state index contributed by atoms with van der Waals surface area (Å²) in [5, 5.41) is 3.86. The van der Waals surface area contributed by atoms with E-state index in [0.717, 1.165) is 16.0 Å². The number of nitrogens with one attached hydrogen (secondary N) is 1. The van der Waals surface area contributed by atoms with Crippen molar-refractivity contribution in [1.82, 2.24) is 5.32 Å². The molecule has 0 spiro atoms. The van der Waals surface area contributed by atoms with Crippen molar-refractivity contribution in [2.24, 2.45) is 0 Å². The second kappa shape index (κ2) is 6.87. The van der Waals surface area contributed by atoms with Gasteiger partial charge in [-0.3, -0.25) is 0 Å². The zero-order valence-corrected chi connectivity index (χ0v) is 15.8. The molecule has 3 nitrogen and oxygen atoms in total. The van der Waals surface area contributed by atoms with Gasteiger partial charge in [0.1, 0.15) is 0 Å². The van der Waals surface area contributed by atoms with Crippen LogP contribution in [0.5, 0.6) is 0 Å². The van der Waals surface area contributed by atoms with Crippen molar-refractivity contribution >= 4 is 11.6 Å². The Kier molecular flexibility index (Phi) is 5.07. The number of halogens is 1. The van der Waals surface area contributed by atoms with E-state index in [2.05, 4.69) is 35.4 Å². The number of rotatable bonds is 4. The fourth-order valence-electron chi connectivity index (χ4n) is 3.67. The van der Waals surface area contributed by atoms with Crippen LogP contribution in [0.2, 0.25) is 0 Å². The van der Waals surface area contributed by atoms with Gasteiger partial charge >= 0.3 is 144 Å². The van der Waals surface area contributed by atoms with E-state index < -0.39 is 0 Å². The van der Waals surface area contributed by atoms with Crippen LogP contribution in [0.1, 0.15) is 51.1 Å². The zero-order chi connectivity index (χ0) is 15.7. The Morgan fingerprint density at radius 1 is 1.32 bits per heavy atom. The third-order valence-corrected chi connectivity index (χ3v) is 7.77. The molecule has 1 aliphatic heterocycles. The minimum absolute atomic E-state index is 0.234. The second-order valence-corrected chi connectivity index (χ2v) is 9.47. The normalized spacial score (nSPS) is 30.8. The fourth-order valence-corrected chi connectivity index (χ4v) is 5.91. The van der Waals surface area contributed by atoms with E-state index in [9.17, 15) is 4.79 Å². The molecule has 1 fully saturated rings. The van der Waals surface area contributed by atoms with Gasteiger partial charge in [0, 0.05) is 0 Å². The van der Waals surface area contributed by atoms with Gasteiger partial charge in [0.15, 0.2) is 0 Å². The molecule has 2 atom stereocenters. The van der Waals surface area contributed by atoms with Crippen LogP contribution in [-0.4, -0.2) is 26.8 Å². The van der Waals surface area contributed by atoms with Gasteiger partial charge in [0.25, 0.3) is 0 Å². The van der Waals surface area contributed by atoms with Crippen molar-refractivity contribution in [2.75, 3.05) is 9.83 Å². The third kappa shape index (κ3) is 3.04. The molecule has 1 saturated carbocycles. The van der Waals surface area contributed by atoms with Gasteiger partial charge in [0.05, 0.1) is 0 Å². The molecule has 1 N–H and O–H groups in total. The molecule has 1 heterocycles. The molecule has 0 bridgehead atoms. The summed E-state index contributed by atoms with van der Waals surface area (Å²) >= 11 is 0.406. The Labute approximate surface area is 144 Å². The van der Waals surface area contributed by atoms with Gasteiger partial charge in [-0.15, -0.1) is 0 Å². The molecule has 0 aromatic heterocycles. The van der Waals surface area contributed by atoms with E-state index in [1.807, 2.05) is 17.9 Å². The van der Waals surface area contributed by atoms with Crippen LogP contribution in [0.3, 0.4) is 0 Å². The predicted octanol–water partition coefficient (Wildman–Crippen LogP) is 0.102. The summed E-state index contributed by atoms with van der Waals surface area (Å²) < 4.78 is 1.02. The van der Waals surface area contributed by atoms with Crippen molar-refractivity contribution in [2.45, 2.75) is 61.6 Å². The van der Waals surface area contributed by atoms with E-state index in [1.54, 1.807) is 0 Å². The van der Waals surface area contributed by atoms with Crippen molar-refractivity contribution in [3.05, 3.63) is 29.8 Å². The van der Waals surface area contributed by atoms with Crippen molar-refractivity contribution < 1.29 is 26.0 Å².